The minimum Gasteiger partial charge on any atom is -0.381 e. The zero-order valence-electron chi connectivity index (χ0n) is 12.0. The molecule has 3 rings (SSSR count). The Labute approximate surface area is 116 Å². The summed E-state index contributed by atoms with van der Waals surface area (Å²) in [6.45, 7) is 6.33. The maximum atomic E-state index is 5.45. The van der Waals surface area contributed by atoms with E-state index >= 15 is 0 Å². The van der Waals surface area contributed by atoms with Gasteiger partial charge in [-0.1, -0.05) is 31.2 Å². The average molecular weight is 259 g/mol. The molecule has 2 nitrogen and oxygen atoms in total. The predicted octanol–water partition coefficient (Wildman–Crippen LogP) is 3.47. The van der Waals surface area contributed by atoms with Crippen LogP contribution in [0.25, 0.3) is 0 Å². The summed E-state index contributed by atoms with van der Waals surface area (Å²) in [4.78, 5) is 0. The van der Waals surface area contributed by atoms with Crippen LogP contribution in [0.3, 0.4) is 0 Å². The third-order valence-electron chi connectivity index (χ3n) is 4.58. The molecule has 0 spiro atoms. The lowest BCUT2D eigenvalue weighted by Gasteiger charge is -2.33. The van der Waals surface area contributed by atoms with Gasteiger partial charge in [-0.15, -0.1) is 0 Å². The van der Waals surface area contributed by atoms with E-state index in [2.05, 4.69) is 36.5 Å². The molecule has 0 atom stereocenters. The molecule has 19 heavy (non-hydrogen) atoms. The molecule has 1 saturated carbocycles. The van der Waals surface area contributed by atoms with Gasteiger partial charge in [-0.2, -0.15) is 0 Å². The fourth-order valence-corrected chi connectivity index (χ4v) is 2.92. The fourth-order valence-electron chi connectivity index (χ4n) is 2.92. The number of nitrogens with one attached hydrogen (secondary N) is 1. The first kappa shape index (κ1) is 13.1. The van der Waals surface area contributed by atoms with Gasteiger partial charge in [0, 0.05) is 26.3 Å². The van der Waals surface area contributed by atoms with E-state index in [0.717, 1.165) is 32.2 Å². The summed E-state index contributed by atoms with van der Waals surface area (Å²) in [6, 6.07) is 9.12. The van der Waals surface area contributed by atoms with Crippen LogP contribution in [0.4, 0.5) is 0 Å². The molecule has 2 aliphatic rings. The Kier molecular flexibility index (Phi) is 3.90. The zero-order valence-corrected chi connectivity index (χ0v) is 12.0. The van der Waals surface area contributed by atoms with E-state index in [4.69, 9.17) is 4.74 Å². The minimum atomic E-state index is 0.423. The van der Waals surface area contributed by atoms with Crippen LogP contribution in [0.1, 0.15) is 49.7 Å². The molecule has 1 aliphatic heterocycles. The van der Waals surface area contributed by atoms with E-state index < -0.39 is 0 Å². The number of rotatable bonds is 5. The second-order valence-electron chi connectivity index (χ2n) is 6.55. The van der Waals surface area contributed by atoms with Crippen molar-refractivity contribution in [3.63, 3.8) is 0 Å². The summed E-state index contributed by atoms with van der Waals surface area (Å²) < 4.78 is 5.45. The molecule has 1 N–H and O–H groups in total. The Morgan fingerprint density at radius 2 is 2.05 bits per heavy atom. The molecule has 0 radical (unpaired) electrons. The van der Waals surface area contributed by atoms with Crippen LogP contribution in [-0.2, 0) is 11.3 Å². The van der Waals surface area contributed by atoms with Crippen molar-refractivity contribution < 1.29 is 4.74 Å². The lowest BCUT2D eigenvalue weighted by molar-refractivity contribution is 0.0240. The second-order valence-corrected chi connectivity index (χ2v) is 6.55. The Morgan fingerprint density at radius 3 is 2.79 bits per heavy atom. The molecule has 1 aromatic carbocycles. The molecule has 2 fully saturated rings. The molecule has 0 unspecified atom stereocenters. The summed E-state index contributed by atoms with van der Waals surface area (Å²) in [5, 5.41) is 3.64. The quantitative estimate of drug-likeness (QED) is 0.874. The molecule has 1 aliphatic carbocycles. The highest BCUT2D eigenvalue weighted by Crippen LogP contribution is 2.40. The average Bonchev–Trinajstić information content (AvgIpc) is 3.24. The topological polar surface area (TPSA) is 21.3 Å². The lowest BCUT2D eigenvalue weighted by Crippen LogP contribution is -2.36. The van der Waals surface area contributed by atoms with Crippen molar-refractivity contribution in [1.82, 2.24) is 5.32 Å². The molecule has 104 valence electrons. The summed E-state index contributed by atoms with van der Waals surface area (Å²) in [5.74, 6) is 0.855. The van der Waals surface area contributed by atoms with Gasteiger partial charge in [0.1, 0.15) is 0 Å². The zero-order chi connectivity index (χ0) is 13.1. The van der Waals surface area contributed by atoms with Crippen molar-refractivity contribution in [3.05, 3.63) is 35.4 Å². The maximum absolute atomic E-state index is 5.45. The first-order valence-corrected chi connectivity index (χ1v) is 7.63. The van der Waals surface area contributed by atoms with E-state index in [0.29, 0.717) is 5.41 Å². The standard InChI is InChI=1S/C17H25NO/c1-17(7-9-19-10-8-17)13-18-12-14-3-2-4-16(11-14)15-5-6-15/h2-4,11,15,18H,5-10,12-13H2,1H3. The summed E-state index contributed by atoms with van der Waals surface area (Å²) >= 11 is 0. The number of ether oxygens (including phenoxy) is 1. The Hall–Kier alpha value is -0.860. The van der Waals surface area contributed by atoms with E-state index in [1.54, 1.807) is 0 Å². The van der Waals surface area contributed by atoms with Gasteiger partial charge in [-0.05, 0) is 48.1 Å². The predicted molar refractivity (Wildman–Crippen MR) is 78.3 cm³/mol. The van der Waals surface area contributed by atoms with Gasteiger partial charge in [0.25, 0.3) is 0 Å². The largest absolute Gasteiger partial charge is 0.381 e. The highest BCUT2D eigenvalue weighted by atomic mass is 16.5. The normalized spacial score (nSPS) is 22.4. The van der Waals surface area contributed by atoms with Crippen molar-refractivity contribution in [2.24, 2.45) is 5.41 Å². The second kappa shape index (κ2) is 5.64. The monoisotopic (exact) mass is 259 g/mol. The number of hydrogen-bond acceptors (Lipinski definition) is 2. The minimum absolute atomic E-state index is 0.423. The molecule has 2 heteroatoms. The van der Waals surface area contributed by atoms with E-state index in [1.807, 2.05) is 0 Å². The van der Waals surface area contributed by atoms with E-state index in [1.165, 1.54) is 36.8 Å². The fraction of sp³-hybridized carbons (Fsp3) is 0.647. The van der Waals surface area contributed by atoms with Gasteiger partial charge in [-0.3, -0.25) is 0 Å². The highest BCUT2D eigenvalue weighted by Gasteiger charge is 2.27. The molecule has 1 aromatic rings. The van der Waals surface area contributed by atoms with Crippen LogP contribution in [-0.4, -0.2) is 19.8 Å². The van der Waals surface area contributed by atoms with E-state index in [9.17, 15) is 0 Å². The van der Waals surface area contributed by atoms with Crippen LogP contribution in [0.15, 0.2) is 24.3 Å². The van der Waals surface area contributed by atoms with Crippen LogP contribution in [0.5, 0.6) is 0 Å². The van der Waals surface area contributed by atoms with Crippen molar-refractivity contribution in [3.8, 4) is 0 Å². The molecule has 0 amide bonds. The first-order valence-electron chi connectivity index (χ1n) is 7.63. The van der Waals surface area contributed by atoms with Gasteiger partial charge in [-0.25, -0.2) is 0 Å². The van der Waals surface area contributed by atoms with Crippen LogP contribution < -0.4 is 5.32 Å². The molecule has 0 bridgehead atoms. The SMILES string of the molecule is CC1(CNCc2cccc(C3CC3)c2)CCOCC1. The van der Waals surface area contributed by atoms with Crippen molar-refractivity contribution in [2.75, 3.05) is 19.8 Å². The molecular weight excluding hydrogens is 234 g/mol. The Bertz CT molecular complexity index is 419. The van der Waals surface area contributed by atoms with Gasteiger partial charge in [0.2, 0.25) is 0 Å². The summed E-state index contributed by atoms with van der Waals surface area (Å²) in [6.07, 6.45) is 5.13. The highest BCUT2D eigenvalue weighted by molar-refractivity contribution is 5.29. The molecular formula is C17H25NO. The van der Waals surface area contributed by atoms with Gasteiger partial charge in [0.05, 0.1) is 0 Å². The third-order valence-corrected chi connectivity index (χ3v) is 4.58. The lowest BCUT2D eigenvalue weighted by atomic mass is 9.82. The van der Waals surface area contributed by atoms with Crippen molar-refractivity contribution >= 4 is 0 Å². The van der Waals surface area contributed by atoms with Gasteiger partial charge >= 0.3 is 0 Å². The number of benzene rings is 1. The summed E-state index contributed by atoms with van der Waals surface area (Å²) in [5.41, 5.74) is 3.39. The Morgan fingerprint density at radius 1 is 1.26 bits per heavy atom. The number of hydrogen-bond donors (Lipinski definition) is 1. The van der Waals surface area contributed by atoms with E-state index in [-0.39, 0.29) is 0 Å². The first-order chi connectivity index (χ1) is 9.25. The smallest absolute Gasteiger partial charge is 0.0471 e. The van der Waals surface area contributed by atoms with Gasteiger partial charge in [0.15, 0.2) is 0 Å². The van der Waals surface area contributed by atoms with Crippen LogP contribution in [0, 0.1) is 5.41 Å². The van der Waals surface area contributed by atoms with Crippen molar-refractivity contribution in [2.45, 2.75) is 45.1 Å². The van der Waals surface area contributed by atoms with Gasteiger partial charge < -0.3 is 10.1 Å². The molecule has 1 heterocycles. The Balaban J connectivity index is 1.50. The summed E-state index contributed by atoms with van der Waals surface area (Å²) in [7, 11) is 0. The maximum Gasteiger partial charge on any atom is 0.0471 e. The third kappa shape index (κ3) is 3.58. The van der Waals surface area contributed by atoms with Crippen LogP contribution in [0.2, 0.25) is 0 Å². The molecule has 0 aromatic heterocycles. The van der Waals surface area contributed by atoms with Crippen molar-refractivity contribution in [1.29, 1.82) is 0 Å². The molecule has 1 saturated heterocycles. The van der Waals surface area contributed by atoms with Crippen LogP contribution >= 0.6 is 0 Å².